The fourth-order valence-electron chi connectivity index (χ4n) is 2.37. The van der Waals surface area contributed by atoms with Gasteiger partial charge in [0.05, 0.1) is 25.6 Å². The summed E-state index contributed by atoms with van der Waals surface area (Å²) in [6.07, 6.45) is 1.58. The number of hydrogen-bond donors (Lipinski definition) is 1. The number of hydrogen-bond acceptors (Lipinski definition) is 6. The molecule has 114 valence electrons. The lowest BCUT2D eigenvalue weighted by Gasteiger charge is -2.19. The average Bonchev–Trinajstić information content (AvgIpc) is 3.03. The highest BCUT2D eigenvalue weighted by atomic mass is 32.1. The number of rotatable bonds is 5. The van der Waals surface area contributed by atoms with Gasteiger partial charge in [0.2, 0.25) is 0 Å². The SMILES string of the molecule is COc1ccc(OC)c([C@H](C)Nc2ncnc3sccc23)c1. The molecule has 1 aromatic carbocycles. The lowest BCUT2D eigenvalue weighted by atomic mass is 10.1. The first-order valence-corrected chi connectivity index (χ1v) is 7.77. The van der Waals surface area contributed by atoms with Gasteiger partial charge in [0.25, 0.3) is 0 Å². The third kappa shape index (κ3) is 2.69. The first kappa shape index (κ1) is 14.6. The highest BCUT2D eigenvalue weighted by molar-refractivity contribution is 7.16. The molecule has 3 rings (SSSR count). The molecule has 0 saturated carbocycles. The Kier molecular flexibility index (Phi) is 4.11. The number of fused-ring (bicyclic) bond motifs is 1. The van der Waals surface area contributed by atoms with Crippen molar-refractivity contribution in [3.05, 3.63) is 41.5 Å². The average molecular weight is 315 g/mol. The van der Waals surface area contributed by atoms with Crippen molar-refractivity contribution in [1.82, 2.24) is 9.97 Å². The summed E-state index contributed by atoms with van der Waals surface area (Å²) < 4.78 is 10.8. The van der Waals surface area contributed by atoms with E-state index in [9.17, 15) is 0 Å². The molecule has 3 aromatic rings. The maximum Gasteiger partial charge on any atom is 0.138 e. The maximum absolute atomic E-state index is 5.45. The number of benzene rings is 1. The van der Waals surface area contributed by atoms with Gasteiger partial charge < -0.3 is 14.8 Å². The number of thiophene rings is 1. The van der Waals surface area contributed by atoms with Crippen LogP contribution in [0.2, 0.25) is 0 Å². The molecule has 2 aromatic heterocycles. The quantitative estimate of drug-likeness (QED) is 0.774. The van der Waals surface area contributed by atoms with Crippen LogP contribution < -0.4 is 14.8 Å². The summed E-state index contributed by atoms with van der Waals surface area (Å²) in [5, 5.41) is 6.48. The Hall–Kier alpha value is -2.34. The highest BCUT2D eigenvalue weighted by Crippen LogP contribution is 2.32. The smallest absolute Gasteiger partial charge is 0.138 e. The zero-order chi connectivity index (χ0) is 15.5. The Labute approximate surface area is 132 Å². The number of methoxy groups -OCH3 is 2. The van der Waals surface area contributed by atoms with Crippen molar-refractivity contribution >= 4 is 27.4 Å². The van der Waals surface area contributed by atoms with Gasteiger partial charge in [-0.05, 0) is 36.6 Å². The number of anilines is 1. The zero-order valence-corrected chi connectivity index (χ0v) is 13.5. The summed E-state index contributed by atoms with van der Waals surface area (Å²) in [6.45, 7) is 2.07. The first-order valence-electron chi connectivity index (χ1n) is 6.89. The van der Waals surface area contributed by atoms with Gasteiger partial charge >= 0.3 is 0 Å². The third-order valence-corrected chi connectivity index (χ3v) is 4.34. The van der Waals surface area contributed by atoms with E-state index in [1.165, 1.54) is 0 Å². The van der Waals surface area contributed by atoms with E-state index >= 15 is 0 Å². The Morgan fingerprint density at radius 3 is 2.77 bits per heavy atom. The Morgan fingerprint density at radius 2 is 2.00 bits per heavy atom. The Bertz CT molecular complexity index is 788. The topological polar surface area (TPSA) is 56.3 Å². The fraction of sp³-hybridized carbons (Fsp3) is 0.250. The van der Waals surface area contributed by atoms with Crippen LogP contribution >= 0.6 is 11.3 Å². The predicted molar refractivity (Wildman–Crippen MR) is 89.0 cm³/mol. The monoisotopic (exact) mass is 315 g/mol. The van der Waals surface area contributed by atoms with Gasteiger partial charge in [-0.15, -0.1) is 11.3 Å². The van der Waals surface area contributed by atoms with E-state index in [4.69, 9.17) is 9.47 Å². The van der Waals surface area contributed by atoms with Gasteiger partial charge in [-0.2, -0.15) is 0 Å². The summed E-state index contributed by atoms with van der Waals surface area (Å²) in [7, 11) is 3.32. The minimum absolute atomic E-state index is 0.0167. The van der Waals surface area contributed by atoms with Crippen LogP contribution in [0.25, 0.3) is 10.2 Å². The van der Waals surface area contributed by atoms with Crippen LogP contribution in [-0.4, -0.2) is 24.2 Å². The van der Waals surface area contributed by atoms with Crippen LogP contribution in [0.3, 0.4) is 0 Å². The molecule has 0 bridgehead atoms. The van der Waals surface area contributed by atoms with Crippen molar-refractivity contribution in [3.8, 4) is 11.5 Å². The molecule has 5 nitrogen and oxygen atoms in total. The first-order chi connectivity index (χ1) is 10.7. The molecule has 0 fully saturated rings. The molecule has 0 aliphatic rings. The van der Waals surface area contributed by atoms with Crippen LogP contribution in [-0.2, 0) is 0 Å². The molecular formula is C16H17N3O2S. The highest BCUT2D eigenvalue weighted by Gasteiger charge is 2.15. The summed E-state index contributed by atoms with van der Waals surface area (Å²) in [4.78, 5) is 9.60. The zero-order valence-electron chi connectivity index (χ0n) is 12.7. The number of nitrogens with one attached hydrogen (secondary N) is 1. The van der Waals surface area contributed by atoms with Crippen LogP contribution in [0.5, 0.6) is 11.5 Å². The minimum atomic E-state index is 0.0167. The van der Waals surface area contributed by atoms with Gasteiger partial charge in [-0.1, -0.05) is 0 Å². The molecule has 0 amide bonds. The van der Waals surface area contributed by atoms with Gasteiger partial charge in [-0.3, -0.25) is 0 Å². The number of nitrogens with zero attached hydrogens (tertiary/aromatic N) is 2. The predicted octanol–water partition coefficient (Wildman–Crippen LogP) is 3.88. The van der Waals surface area contributed by atoms with E-state index in [-0.39, 0.29) is 6.04 Å². The molecular weight excluding hydrogens is 298 g/mol. The third-order valence-electron chi connectivity index (χ3n) is 3.52. The summed E-state index contributed by atoms with van der Waals surface area (Å²) in [5.74, 6) is 2.44. The van der Waals surface area contributed by atoms with Crippen molar-refractivity contribution in [2.24, 2.45) is 0 Å². The van der Waals surface area contributed by atoms with Crippen molar-refractivity contribution in [2.75, 3.05) is 19.5 Å². The van der Waals surface area contributed by atoms with E-state index in [0.717, 1.165) is 33.1 Å². The van der Waals surface area contributed by atoms with E-state index in [1.807, 2.05) is 29.6 Å². The van der Waals surface area contributed by atoms with Crippen LogP contribution in [0, 0.1) is 0 Å². The largest absolute Gasteiger partial charge is 0.497 e. The van der Waals surface area contributed by atoms with Gasteiger partial charge in [0.15, 0.2) is 0 Å². The van der Waals surface area contributed by atoms with Crippen molar-refractivity contribution in [3.63, 3.8) is 0 Å². The summed E-state index contributed by atoms with van der Waals surface area (Å²) in [5.41, 5.74) is 1.02. The minimum Gasteiger partial charge on any atom is -0.497 e. The summed E-state index contributed by atoms with van der Waals surface area (Å²) in [6, 6.07) is 7.81. The van der Waals surface area contributed by atoms with E-state index in [1.54, 1.807) is 31.9 Å². The van der Waals surface area contributed by atoms with Crippen molar-refractivity contribution in [2.45, 2.75) is 13.0 Å². The fourth-order valence-corrected chi connectivity index (χ4v) is 3.10. The molecule has 0 aliphatic carbocycles. The van der Waals surface area contributed by atoms with E-state index < -0.39 is 0 Å². The maximum atomic E-state index is 5.45. The normalized spacial score (nSPS) is 12.1. The Balaban J connectivity index is 1.94. The van der Waals surface area contributed by atoms with Gasteiger partial charge in [0, 0.05) is 5.56 Å². The number of aromatic nitrogens is 2. The molecule has 1 N–H and O–H groups in total. The van der Waals surface area contributed by atoms with E-state index in [2.05, 4.69) is 22.2 Å². The second-order valence-corrected chi connectivity index (χ2v) is 5.73. The van der Waals surface area contributed by atoms with Crippen LogP contribution in [0.1, 0.15) is 18.5 Å². The van der Waals surface area contributed by atoms with Gasteiger partial charge in [0.1, 0.15) is 28.5 Å². The number of ether oxygens (including phenoxy) is 2. The molecule has 22 heavy (non-hydrogen) atoms. The molecule has 0 radical (unpaired) electrons. The molecule has 0 unspecified atom stereocenters. The molecule has 0 aliphatic heterocycles. The summed E-state index contributed by atoms with van der Waals surface area (Å²) >= 11 is 1.60. The lowest BCUT2D eigenvalue weighted by molar-refractivity contribution is 0.397. The van der Waals surface area contributed by atoms with Crippen LogP contribution in [0.4, 0.5) is 5.82 Å². The molecule has 0 saturated heterocycles. The van der Waals surface area contributed by atoms with Crippen molar-refractivity contribution in [1.29, 1.82) is 0 Å². The molecule has 6 heteroatoms. The standard InChI is InChI=1S/C16H17N3O2S/c1-10(13-8-11(20-2)4-5-14(13)21-3)19-15-12-6-7-22-16(12)18-9-17-15/h4-10H,1-3H3,(H,17,18,19)/t10-/m0/s1. The molecule has 0 spiro atoms. The molecule has 1 atom stereocenters. The Morgan fingerprint density at radius 1 is 1.14 bits per heavy atom. The second-order valence-electron chi connectivity index (χ2n) is 4.84. The van der Waals surface area contributed by atoms with Crippen molar-refractivity contribution < 1.29 is 9.47 Å². The van der Waals surface area contributed by atoms with Crippen LogP contribution in [0.15, 0.2) is 36.0 Å². The molecule has 2 heterocycles. The van der Waals surface area contributed by atoms with E-state index in [0.29, 0.717) is 0 Å². The lowest BCUT2D eigenvalue weighted by Crippen LogP contribution is -2.10. The van der Waals surface area contributed by atoms with Gasteiger partial charge in [-0.25, -0.2) is 9.97 Å². The second kappa shape index (κ2) is 6.19.